The van der Waals surface area contributed by atoms with Crippen LogP contribution in [0.1, 0.15) is 30.9 Å². The Bertz CT molecular complexity index is 532. The van der Waals surface area contributed by atoms with Crippen molar-refractivity contribution in [3.05, 3.63) is 29.1 Å². The summed E-state index contributed by atoms with van der Waals surface area (Å²) in [5, 5.41) is 2.93. The predicted octanol–water partition coefficient (Wildman–Crippen LogP) is 4.21. The maximum Gasteiger partial charge on any atom is 0.268 e. The molecule has 0 saturated heterocycles. The second-order valence-corrected chi connectivity index (χ2v) is 11.3. The second kappa shape index (κ2) is 6.73. The smallest absolute Gasteiger partial charge is 0.268 e. The van der Waals surface area contributed by atoms with Gasteiger partial charge in [-0.25, -0.2) is 4.39 Å². The zero-order valence-corrected chi connectivity index (χ0v) is 17.3. The minimum Gasteiger partial charge on any atom is -0.322 e. The summed E-state index contributed by atoms with van der Waals surface area (Å²) >= 11 is 0. The molecule has 0 aromatic heterocycles. The number of anilines is 1. The van der Waals surface area contributed by atoms with Crippen LogP contribution in [-0.2, 0) is 37.5 Å². The zero-order valence-electron chi connectivity index (χ0n) is 13.6. The summed E-state index contributed by atoms with van der Waals surface area (Å²) in [7, 11) is -1.23. The summed E-state index contributed by atoms with van der Waals surface area (Å²) in [6, 6.07) is 2.95. The Morgan fingerprint density at radius 1 is 1.29 bits per heavy atom. The first-order valence-electron chi connectivity index (χ1n) is 7.15. The minimum atomic E-state index is -1.23. The van der Waals surface area contributed by atoms with Gasteiger partial charge >= 0.3 is 0 Å². The van der Waals surface area contributed by atoms with E-state index in [1.807, 2.05) is 13.8 Å². The molecule has 1 amide bonds. The van der Waals surface area contributed by atoms with Crippen molar-refractivity contribution >= 4 is 18.9 Å². The van der Waals surface area contributed by atoms with Gasteiger partial charge in [-0.15, -0.1) is 0 Å². The molecular formula is C16H24FNOPY+. The summed E-state index contributed by atoms with van der Waals surface area (Å²) < 4.78 is 13.3. The average Bonchev–Trinajstić information content (AvgIpc) is 3.15. The Morgan fingerprint density at radius 3 is 2.14 bits per heavy atom. The van der Waals surface area contributed by atoms with E-state index >= 15 is 0 Å². The molecule has 1 radical (unpaired) electrons. The van der Waals surface area contributed by atoms with Crippen LogP contribution in [0.15, 0.2) is 12.1 Å². The van der Waals surface area contributed by atoms with Crippen molar-refractivity contribution in [2.24, 2.45) is 0 Å². The fraction of sp³-hybridized carbons (Fsp3) is 0.562. The first-order chi connectivity index (χ1) is 9.23. The van der Waals surface area contributed by atoms with Crippen LogP contribution in [0.4, 0.5) is 10.1 Å². The van der Waals surface area contributed by atoms with Gasteiger partial charge in [0.05, 0.1) is 6.16 Å². The first-order valence-corrected chi connectivity index (χ1v) is 10.0. The number of carbonyl (C=O) groups excluding carboxylic acids is 1. The van der Waals surface area contributed by atoms with Gasteiger partial charge in [-0.05, 0) is 44.0 Å². The molecule has 1 aromatic carbocycles. The van der Waals surface area contributed by atoms with Crippen molar-refractivity contribution < 1.29 is 41.9 Å². The number of benzene rings is 1. The third-order valence-electron chi connectivity index (χ3n) is 4.83. The van der Waals surface area contributed by atoms with E-state index < -0.39 is 7.26 Å². The third-order valence-corrected chi connectivity index (χ3v) is 9.38. The molecule has 21 heavy (non-hydrogen) atoms. The molecule has 1 fully saturated rings. The average molecular weight is 385 g/mol. The Kier molecular flexibility index (Phi) is 6.15. The van der Waals surface area contributed by atoms with Gasteiger partial charge in [-0.1, -0.05) is 0 Å². The Hall–Kier alpha value is 0.154. The van der Waals surface area contributed by atoms with Gasteiger partial charge in [0, 0.05) is 71.8 Å². The van der Waals surface area contributed by atoms with E-state index in [-0.39, 0.29) is 49.6 Å². The maximum absolute atomic E-state index is 13.3. The quantitative estimate of drug-likeness (QED) is 0.774. The monoisotopic (exact) mass is 385 g/mol. The third kappa shape index (κ3) is 3.57. The predicted molar refractivity (Wildman–Crippen MR) is 85.8 cm³/mol. The molecule has 5 heteroatoms. The van der Waals surface area contributed by atoms with Gasteiger partial charge in [0.15, 0.2) is 5.16 Å². The molecule has 1 saturated carbocycles. The number of nitrogens with one attached hydrogen (secondary N) is 1. The van der Waals surface area contributed by atoms with Crippen LogP contribution in [0, 0.1) is 19.7 Å². The molecule has 1 N–H and O–H groups in total. The number of aryl methyl sites for hydroxylation is 2. The number of hydrogen-bond acceptors (Lipinski definition) is 1. The molecule has 0 spiro atoms. The van der Waals surface area contributed by atoms with E-state index in [4.69, 9.17) is 0 Å². The van der Waals surface area contributed by atoms with Crippen LogP contribution < -0.4 is 5.32 Å². The normalized spacial score (nSPS) is 16.1. The molecule has 2 nitrogen and oxygen atoms in total. The van der Waals surface area contributed by atoms with E-state index in [2.05, 4.69) is 25.6 Å². The van der Waals surface area contributed by atoms with Crippen LogP contribution in [0.2, 0.25) is 0 Å². The van der Waals surface area contributed by atoms with Crippen LogP contribution in [0.3, 0.4) is 0 Å². The molecule has 0 unspecified atom stereocenters. The number of rotatable bonds is 4. The molecular weight excluding hydrogens is 361 g/mol. The van der Waals surface area contributed by atoms with E-state index in [9.17, 15) is 9.18 Å². The second-order valence-electron chi connectivity index (χ2n) is 6.40. The summed E-state index contributed by atoms with van der Waals surface area (Å²) in [5.41, 5.74) is 2.36. The zero-order chi connectivity index (χ0) is 15.1. The summed E-state index contributed by atoms with van der Waals surface area (Å²) in [5.74, 6) is -0.115. The summed E-state index contributed by atoms with van der Waals surface area (Å²) in [6.07, 6.45) is 3.07. The van der Waals surface area contributed by atoms with Crippen LogP contribution >= 0.6 is 7.26 Å². The summed E-state index contributed by atoms with van der Waals surface area (Å²) in [6.45, 7) is 10.4. The molecule has 1 aliphatic carbocycles. The number of hydrogen-bond donors (Lipinski definition) is 1. The standard InChI is InChI=1S/C16H23FNOP.Y/c1-6-20(4,5)16(7-8-16)15(19)18-14-11(2)9-13(17)10-12(14)3;/h9-10H,6-8H2,1-5H3;/p+1. The molecule has 1 aliphatic rings. The van der Waals surface area contributed by atoms with Crippen LogP contribution in [-0.4, -0.2) is 30.6 Å². The minimum absolute atomic E-state index is 0. The fourth-order valence-corrected chi connectivity index (χ4v) is 5.40. The number of halogens is 1. The molecule has 1 aromatic rings. The number of carbonyl (C=O) groups is 1. The van der Waals surface area contributed by atoms with Gasteiger partial charge in [0.25, 0.3) is 5.91 Å². The van der Waals surface area contributed by atoms with E-state index in [1.165, 1.54) is 12.1 Å². The van der Waals surface area contributed by atoms with Gasteiger partial charge in [-0.3, -0.25) is 4.79 Å². The SMILES string of the molecule is CC[P+](C)(C)C1(C(=O)Nc2c(C)cc(F)cc2C)CC1.[Y]. The van der Waals surface area contributed by atoms with Crippen molar-refractivity contribution in [3.8, 4) is 0 Å². The van der Waals surface area contributed by atoms with Crippen molar-refractivity contribution in [1.82, 2.24) is 0 Å². The first kappa shape index (κ1) is 19.2. The molecule has 0 heterocycles. The number of amides is 1. The molecule has 0 bridgehead atoms. The molecule has 113 valence electrons. The van der Waals surface area contributed by atoms with Crippen LogP contribution in [0.25, 0.3) is 0 Å². The Balaban J connectivity index is 0.00000220. The largest absolute Gasteiger partial charge is 0.322 e. The fourth-order valence-electron chi connectivity index (χ4n) is 2.87. The Labute approximate surface area is 152 Å². The molecule has 2 rings (SSSR count). The van der Waals surface area contributed by atoms with Crippen molar-refractivity contribution in [2.75, 3.05) is 24.8 Å². The molecule has 0 aliphatic heterocycles. The van der Waals surface area contributed by atoms with Crippen molar-refractivity contribution in [1.29, 1.82) is 0 Å². The van der Waals surface area contributed by atoms with Gasteiger partial charge in [0.2, 0.25) is 0 Å². The van der Waals surface area contributed by atoms with Crippen molar-refractivity contribution in [2.45, 2.75) is 38.8 Å². The topological polar surface area (TPSA) is 29.1 Å². The maximum atomic E-state index is 13.3. The van der Waals surface area contributed by atoms with E-state index in [1.54, 1.807) is 0 Å². The van der Waals surface area contributed by atoms with Gasteiger partial charge in [-0.2, -0.15) is 0 Å². The van der Waals surface area contributed by atoms with Gasteiger partial charge in [0.1, 0.15) is 5.82 Å². The van der Waals surface area contributed by atoms with Crippen LogP contribution in [0.5, 0.6) is 0 Å². The van der Waals surface area contributed by atoms with Crippen molar-refractivity contribution in [3.63, 3.8) is 0 Å². The molecule has 0 atom stereocenters. The van der Waals surface area contributed by atoms with E-state index in [0.29, 0.717) is 0 Å². The van der Waals surface area contributed by atoms with E-state index in [0.717, 1.165) is 35.8 Å². The van der Waals surface area contributed by atoms with Gasteiger partial charge < -0.3 is 5.32 Å². The summed E-state index contributed by atoms with van der Waals surface area (Å²) in [4.78, 5) is 12.7. The Morgan fingerprint density at radius 2 is 1.76 bits per heavy atom.